The molecule has 0 saturated carbocycles. The lowest BCUT2D eigenvalue weighted by molar-refractivity contribution is 0.0724. The average molecular weight is 571 g/mol. The molecular formula is C30H40BrN3O3. The number of hydrogen-bond acceptors (Lipinski definition) is 4. The molecular weight excluding hydrogens is 530 g/mol. The zero-order chi connectivity index (χ0) is 26.4. The SMILES string of the molecule is Br.CC(C)(C)c1cc(C(=O)CN2Cc3ccc(C(=O)N4CCCCC4)cc3C2=N)cc(C(C)(C)C)c1O. The maximum absolute atomic E-state index is 13.5. The van der Waals surface area contributed by atoms with Crippen LogP contribution >= 0.6 is 17.0 Å². The van der Waals surface area contributed by atoms with Crippen LogP contribution in [0, 0.1) is 5.41 Å². The number of amides is 1. The number of halogens is 1. The van der Waals surface area contributed by atoms with E-state index in [4.69, 9.17) is 5.41 Å². The lowest BCUT2D eigenvalue weighted by atomic mass is 9.78. The van der Waals surface area contributed by atoms with Crippen molar-refractivity contribution in [3.8, 4) is 5.75 Å². The van der Waals surface area contributed by atoms with Crippen LogP contribution in [0.5, 0.6) is 5.75 Å². The number of ketones is 1. The van der Waals surface area contributed by atoms with Crippen LogP contribution < -0.4 is 0 Å². The molecule has 0 spiro atoms. The van der Waals surface area contributed by atoms with E-state index in [1.54, 1.807) is 17.0 Å². The molecule has 0 bridgehead atoms. The number of nitrogens with zero attached hydrogens (tertiary/aromatic N) is 2. The van der Waals surface area contributed by atoms with E-state index in [0.29, 0.717) is 17.7 Å². The molecule has 2 aliphatic rings. The second-order valence-corrected chi connectivity index (χ2v) is 12.3. The van der Waals surface area contributed by atoms with Gasteiger partial charge in [-0.05, 0) is 59.9 Å². The van der Waals surface area contributed by atoms with Gasteiger partial charge in [0, 0.05) is 47.5 Å². The minimum atomic E-state index is -0.325. The Hall–Kier alpha value is -2.67. The molecule has 2 aromatic carbocycles. The summed E-state index contributed by atoms with van der Waals surface area (Å²) in [7, 11) is 0. The monoisotopic (exact) mass is 569 g/mol. The van der Waals surface area contributed by atoms with E-state index in [1.807, 2.05) is 64.6 Å². The Morgan fingerprint density at radius 1 is 0.892 bits per heavy atom. The van der Waals surface area contributed by atoms with Gasteiger partial charge in [-0.25, -0.2) is 0 Å². The lowest BCUT2D eigenvalue weighted by Gasteiger charge is -2.28. The highest BCUT2D eigenvalue weighted by Gasteiger charge is 2.31. The molecule has 0 atom stereocenters. The van der Waals surface area contributed by atoms with Crippen molar-refractivity contribution >= 4 is 34.5 Å². The van der Waals surface area contributed by atoms with Crippen LogP contribution in [0.2, 0.25) is 0 Å². The quantitative estimate of drug-likeness (QED) is 0.428. The number of phenolic OH excluding ortho intramolecular Hbond substituents is 1. The Morgan fingerprint density at radius 2 is 1.46 bits per heavy atom. The number of phenols is 1. The van der Waals surface area contributed by atoms with Gasteiger partial charge in [0.05, 0.1) is 6.54 Å². The summed E-state index contributed by atoms with van der Waals surface area (Å²) in [6.45, 7) is 14.3. The van der Waals surface area contributed by atoms with Crippen molar-refractivity contribution in [2.24, 2.45) is 0 Å². The zero-order valence-corrected chi connectivity index (χ0v) is 24.6. The molecule has 2 N–H and O–H groups in total. The Morgan fingerprint density at radius 3 is 2.00 bits per heavy atom. The first-order chi connectivity index (χ1) is 16.8. The minimum Gasteiger partial charge on any atom is -0.507 e. The van der Waals surface area contributed by atoms with E-state index in [2.05, 4.69) is 0 Å². The summed E-state index contributed by atoms with van der Waals surface area (Å²) >= 11 is 0. The van der Waals surface area contributed by atoms with Gasteiger partial charge >= 0.3 is 0 Å². The van der Waals surface area contributed by atoms with Crippen molar-refractivity contribution in [2.75, 3.05) is 19.6 Å². The number of rotatable bonds is 4. The minimum absolute atomic E-state index is 0. The molecule has 1 fully saturated rings. The molecule has 7 heteroatoms. The van der Waals surface area contributed by atoms with Gasteiger partial charge in [-0.15, -0.1) is 17.0 Å². The number of nitrogens with one attached hydrogen (secondary N) is 1. The van der Waals surface area contributed by atoms with Crippen LogP contribution in [-0.2, 0) is 17.4 Å². The number of fused-ring (bicyclic) bond motifs is 1. The van der Waals surface area contributed by atoms with Crippen LogP contribution in [0.1, 0.15) is 104 Å². The molecule has 0 unspecified atom stereocenters. The fraction of sp³-hybridized carbons (Fsp3) is 0.500. The van der Waals surface area contributed by atoms with Crippen LogP contribution in [-0.4, -0.2) is 52.1 Å². The first-order valence-electron chi connectivity index (χ1n) is 12.9. The predicted molar refractivity (Wildman–Crippen MR) is 154 cm³/mol. The van der Waals surface area contributed by atoms with Gasteiger partial charge in [-0.2, -0.15) is 0 Å². The highest BCUT2D eigenvalue weighted by Crippen LogP contribution is 2.40. The fourth-order valence-electron chi connectivity index (χ4n) is 5.14. The van der Waals surface area contributed by atoms with Gasteiger partial charge in [0.25, 0.3) is 5.91 Å². The maximum atomic E-state index is 13.5. The standard InChI is InChI=1S/C30H39N3O3.BrH/c1-29(2,3)23-15-21(16-24(26(23)35)30(4,5)6)25(34)18-33-17-20-11-10-19(14-22(20)27(33)31)28(36)32-12-8-7-9-13-32;/h10-11,14-16,31,35H,7-9,12-13,17-18H2,1-6H3;1H. The van der Waals surface area contributed by atoms with E-state index in [9.17, 15) is 14.7 Å². The molecule has 0 aliphatic carbocycles. The molecule has 0 radical (unpaired) electrons. The van der Waals surface area contributed by atoms with E-state index < -0.39 is 0 Å². The smallest absolute Gasteiger partial charge is 0.253 e. The number of Topliss-reactive ketones (excluding diaryl/α,β-unsaturated/α-hetero) is 1. The highest BCUT2D eigenvalue weighted by atomic mass is 79.9. The van der Waals surface area contributed by atoms with Crippen LogP contribution in [0.3, 0.4) is 0 Å². The van der Waals surface area contributed by atoms with E-state index in [-0.39, 0.29) is 57.6 Å². The van der Waals surface area contributed by atoms with E-state index in [1.165, 1.54) is 0 Å². The summed E-state index contributed by atoms with van der Waals surface area (Å²) in [5, 5.41) is 19.7. The van der Waals surface area contributed by atoms with Gasteiger partial charge in [0.15, 0.2) is 5.78 Å². The third-order valence-corrected chi connectivity index (χ3v) is 7.32. The molecule has 37 heavy (non-hydrogen) atoms. The third-order valence-electron chi connectivity index (χ3n) is 7.32. The largest absolute Gasteiger partial charge is 0.507 e. The second-order valence-electron chi connectivity index (χ2n) is 12.3. The predicted octanol–water partition coefficient (Wildman–Crippen LogP) is 6.22. The van der Waals surface area contributed by atoms with Crippen molar-refractivity contribution in [2.45, 2.75) is 78.2 Å². The summed E-state index contributed by atoms with van der Waals surface area (Å²) in [5.74, 6) is 0.456. The number of piperidine rings is 1. The Labute approximate surface area is 231 Å². The van der Waals surface area contributed by atoms with E-state index >= 15 is 0 Å². The van der Waals surface area contributed by atoms with Gasteiger partial charge in [-0.1, -0.05) is 47.6 Å². The summed E-state index contributed by atoms with van der Waals surface area (Å²) in [5.41, 5.74) is 3.69. The fourth-order valence-corrected chi connectivity index (χ4v) is 5.14. The molecule has 200 valence electrons. The van der Waals surface area contributed by atoms with E-state index in [0.717, 1.165) is 54.6 Å². The van der Waals surface area contributed by atoms with Gasteiger partial charge in [-0.3, -0.25) is 15.0 Å². The highest BCUT2D eigenvalue weighted by molar-refractivity contribution is 8.93. The maximum Gasteiger partial charge on any atom is 0.253 e. The van der Waals surface area contributed by atoms with Crippen molar-refractivity contribution in [3.05, 3.63) is 63.7 Å². The Balaban J connectivity index is 0.00000380. The first kappa shape index (κ1) is 28.9. The Kier molecular flexibility index (Phi) is 8.28. The molecule has 2 heterocycles. The summed E-state index contributed by atoms with van der Waals surface area (Å²) < 4.78 is 0. The van der Waals surface area contributed by atoms with Crippen molar-refractivity contribution in [1.82, 2.24) is 9.80 Å². The average Bonchev–Trinajstić information content (AvgIpc) is 3.12. The summed E-state index contributed by atoms with van der Waals surface area (Å²) in [4.78, 5) is 30.1. The number of carbonyl (C=O) groups is 2. The summed E-state index contributed by atoms with van der Waals surface area (Å²) in [6, 6.07) is 9.18. The molecule has 1 saturated heterocycles. The normalized spacial score (nSPS) is 15.9. The number of amidine groups is 1. The number of likely N-dealkylation sites (tertiary alicyclic amines) is 1. The number of aromatic hydroxyl groups is 1. The van der Waals surface area contributed by atoms with Gasteiger partial charge < -0.3 is 14.9 Å². The molecule has 2 aromatic rings. The topological polar surface area (TPSA) is 84.7 Å². The number of benzene rings is 2. The lowest BCUT2D eigenvalue weighted by Crippen LogP contribution is -2.35. The molecule has 4 rings (SSSR count). The molecule has 1 amide bonds. The van der Waals surface area contributed by atoms with Gasteiger partial charge in [0.2, 0.25) is 0 Å². The zero-order valence-electron chi connectivity index (χ0n) is 22.9. The molecule has 6 nitrogen and oxygen atoms in total. The number of hydrogen-bond donors (Lipinski definition) is 2. The van der Waals surface area contributed by atoms with Crippen LogP contribution in [0.15, 0.2) is 30.3 Å². The summed E-state index contributed by atoms with van der Waals surface area (Å²) in [6.07, 6.45) is 3.23. The van der Waals surface area contributed by atoms with Crippen molar-refractivity contribution in [1.29, 1.82) is 5.41 Å². The van der Waals surface area contributed by atoms with Gasteiger partial charge in [0.1, 0.15) is 11.6 Å². The number of carbonyl (C=O) groups excluding carboxylic acids is 2. The van der Waals surface area contributed by atoms with Crippen LogP contribution in [0.25, 0.3) is 0 Å². The van der Waals surface area contributed by atoms with Crippen molar-refractivity contribution < 1.29 is 14.7 Å². The molecule has 0 aromatic heterocycles. The second kappa shape index (κ2) is 10.6. The first-order valence-corrected chi connectivity index (χ1v) is 12.9. The Bertz CT molecular complexity index is 1180. The third kappa shape index (κ3) is 5.92. The molecule has 2 aliphatic heterocycles. The van der Waals surface area contributed by atoms with Crippen LogP contribution in [0.4, 0.5) is 0 Å². The van der Waals surface area contributed by atoms with Crippen molar-refractivity contribution in [3.63, 3.8) is 0 Å².